The quantitative estimate of drug-likeness (QED) is 0.340. The normalized spacial score (nSPS) is 16.5. The maximum absolute atomic E-state index is 4.72. The van der Waals surface area contributed by atoms with Gasteiger partial charge in [-0.25, -0.2) is 9.98 Å². The molecule has 1 saturated heterocycles. The molecule has 0 spiro atoms. The van der Waals surface area contributed by atoms with Crippen LogP contribution < -0.4 is 10.6 Å². The lowest BCUT2D eigenvalue weighted by atomic mass is 10.0. The average molecular weight is 479 g/mol. The lowest BCUT2D eigenvalue weighted by molar-refractivity contribution is 0.203. The molecule has 1 aliphatic rings. The fraction of sp³-hybridized carbons (Fsp3) is 0.778. The molecular formula is C18H34IN5S. The number of unbranched alkanes of at least 4 members (excludes halogenated alkanes) is 1. The Morgan fingerprint density at radius 3 is 2.68 bits per heavy atom. The Morgan fingerprint density at radius 1 is 1.32 bits per heavy atom. The third-order valence-electron chi connectivity index (χ3n) is 4.40. The van der Waals surface area contributed by atoms with Crippen molar-refractivity contribution in [3.63, 3.8) is 0 Å². The van der Waals surface area contributed by atoms with E-state index >= 15 is 0 Å². The van der Waals surface area contributed by atoms with E-state index in [1.54, 1.807) is 11.3 Å². The molecule has 0 radical (unpaired) electrons. The highest BCUT2D eigenvalue weighted by Gasteiger charge is 2.19. The van der Waals surface area contributed by atoms with Crippen molar-refractivity contribution in [2.45, 2.75) is 65.5 Å². The van der Waals surface area contributed by atoms with Crippen LogP contribution in [0.2, 0.25) is 0 Å². The van der Waals surface area contributed by atoms with Crippen LogP contribution in [0.15, 0.2) is 10.4 Å². The van der Waals surface area contributed by atoms with Crippen LogP contribution in [-0.2, 0) is 13.0 Å². The summed E-state index contributed by atoms with van der Waals surface area (Å²) in [4.78, 5) is 11.9. The largest absolute Gasteiger partial charge is 0.357 e. The number of likely N-dealkylation sites (tertiary alicyclic amines) is 1. The number of thiazole rings is 1. The molecule has 0 saturated carbocycles. The second-order valence-electron chi connectivity index (χ2n) is 6.40. The molecule has 0 aliphatic carbocycles. The fourth-order valence-corrected chi connectivity index (χ4v) is 3.68. The van der Waals surface area contributed by atoms with Gasteiger partial charge in [0, 0.05) is 31.1 Å². The summed E-state index contributed by atoms with van der Waals surface area (Å²) in [7, 11) is 0. The highest BCUT2D eigenvalue weighted by molar-refractivity contribution is 14.0. The summed E-state index contributed by atoms with van der Waals surface area (Å²) in [6.07, 6.45) is 6.00. The number of nitrogens with one attached hydrogen (secondary N) is 2. The summed E-state index contributed by atoms with van der Waals surface area (Å²) >= 11 is 1.73. The Morgan fingerprint density at radius 2 is 2.08 bits per heavy atom. The van der Waals surface area contributed by atoms with Gasteiger partial charge in [-0.05, 0) is 39.2 Å². The summed E-state index contributed by atoms with van der Waals surface area (Å²) in [5.41, 5.74) is 1.07. The second-order valence-corrected chi connectivity index (χ2v) is 7.34. The molecule has 144 valence electrons. The van der Waals surface area contributed by atoms with Crippen LogP contribution in [0, 0.1) is 0 Å². The van der Waals surface area contributed by atoms with Crippen LogP contribution in [0.1, 0.15) is 57.2 Å². The van der Waals surface area contributed by atoms with Crippen molar-refractivity contribution >= 4 is 41.3 Å². The summed E-state index contributed by atoms with van der Waals surface area (Å²) in [6, 6.07) is 0.530. The van der Waals surface area contributed by atoms with Gasteiger partial charge < -0.3 is 15.5 Å². The monoisotopic (exact) mass is 479 g/mol. The average Bonchev–Trinajstić information content (AvgIpc) is 3.07. The highest BCUT2D eigenvalue weighted by atomic mass is 127. The minimum absolute atomic E-state index is 0. The van der Waals surface area contributed by atoms with Crippen LogP contribution >= 0.6 is 35.3 Å². The molecule has 0 unspecified atom stereocenters. The van der Waals surface area contributed by atoms with Crippen molar-refractivity contribution in [1.82, 2.24) is 20.5 Å². The number of aliphatic imine (C=N–C) groups is 1. The maximum atomic E-state index is 4.72. The highest BCUT2D eigenvalue weighted by Crippen LogP contribution is 2.12. The van der Waals surface area contributed by atoms with Crippen molar-refractivity contribution in [3.05, 3.63) is 16.1 Å². The molecule has 1 aromatic rings. The Bertz CT molecular complexity index is 497. The Hall–Kier alpha value is -0.410. The lowest BCUT2D eigenvalue weighted by Gasteiger charge is -2.33. The number of piperidine rings is 1. The Balaban J connectivity index is 0.00000312. The molecule has 5 nitrogen and oxygen atoms in total. The van der Waals surface area contributed by atoms with Crippen molar-refractivity contribution in [2.75, 3.05) is 26.2 Å². The Kier molecular flexibility index (Phi) is 11.6. The van der Waals surface area contributed by atoms with E-state index in [1.165, 1.54) is 50.3 Å². The van der Waals surface area contributed by atoms with Gasteiger partial charge in [0.25, 0.3) is 0 Å². The van der Waals surface area contributed by atoms with E-state index in [-0.39, 0.29) is 24.0 Å². The fourth-order valence-electron chi connectivity index (χ4n) is 2.94. The van der Waals surface area contributed by atoms with Crippen molar-refractivity contribution in [2.24, 2.45) is 4.99 Å². The number of aromatic nitrogens is 1. The molecule has 0 amide bonds. The van der Waals surface area contributed by atoms with Crippen molar-refractivity contribution in [1.29, 1.82) is 0 Å². The number of aryl methyl sites for hydroxylation is 1. The van der Waals surface area contributed by atoms with E-state index in [0.29, 0.717) is 12.6 Å². The molecule has 2 N–H and O–H groups in total. The van der Waals surface area contributed by atoms with Gasteiger partial charge in [-0.1, -0.05) is 20.3 Å². The van der Waals surface area contributed by atoms with Crippen LogP contribution in [0.5, 0.6) is 0 Å². The second kappa shape index (κ2) is 12.9. The molecular weight excluding hydrogens is 445 g/mol. The molecule has 7 heteroatoms. The van der Waals surface area contributed by atoms with E-state index in [2.05, 4.69) is 46.7 Å². The zero-order chi connectivity index (χ0) is 17.2. The molecule has 0 bridgehead atoms. The first-order valence-electron chi connectivity index (χ1n) is 9.45. The minimum atomic E-state index is 0. The summed E-state index contributed by atoms with van der Waals surface area (Å²) in [5, 5.41) is 10.3. The maximum Gasteiger partial charge on any atom is 0.191 e. The van der Waals surface area contributed by atoms with Gasteiger partial charge in [-0.3, -0.25) is 0 Å². The van der Waals surface area contributed by atoms with Crippen LogP contribution in [0.25, 0.3) is 0 Å². The number of hydrogen-bond donors (Lipinski definition) is 2. The zero-order valence-corrected chi connectivity index (χ0v) is 19.0. The van der Waals surface area contributed by atoms with Gasteiger partial charge in [0.15, 0.2) is 5.96 Å². The van der Waals surface area contributed by atoms with E-state index < -0.39 is 0 Å². The van der Waals surface area contributed by atoms with E-state index in [1.807, 2.05) is 0 Å². The summed E-state index contributed by atoms with van der Waals surface area (Å²) < 4.78 is 0. The molecule has 2 rings (SSSR count). The van der Waals surface area contributed by atoms with E-state index in [4.69, 9.17) is 4.99 Å². The number of nitrogens with zero attached hydrogens (tertiary/aromatic N) is 3. The summed E-state index contributed by atoms with van der Waals surface area (Å²) in [6.45, 7) is 11.7. The predicted molar refractivity (Wildman–Crippen MR) is 119 cm³/mol. The standard InChI is InChI=1S/C18H33N5S.HI/c1-4-7-10-23-11-8-15(9-12-23)22-18(19-6-3)20-13-16-14-24-17(5-2)21-16;/h14-15H,4-13H2,1-3H3,(H2,19,20,22);1H. The van der Waals surface area contributed by atoms with Crippen LogP contribution in [0.3, 0.4) is 0 Å². The van der Waals surface area contributed by atoms with E-state index in [0.717, 1.165) is 24.6 Å². The third kappa shape index (κ3) is 8.21. The van der Waals surface area contributed by atoms with Gasteiger partial charge in [-0.2, -0.15) is 0 Å². The Labute approximate surface area is 174 Å². The molecule has 0 aromatic carbocycles. The topological polar surface area (TPSA) is 52.5 Å². The first-order chi connectivity index (χ1) is 11.7. The van der Waals surface area contributed by atoms with Gasteiger partial charge in [0.1, 0.15) is 0 Å². The molecule has 1 fully saturated rings. The van der Waals surface area contributed by atoms with E-state index in [9.17, 15) is 0 Å². The first kappa shape index (κ1) is 22.6. The SMILES string of the molecule is CCCCN1CCC(NC(=NCc2csc(CC)n2)NCC)CC1.I. The number of guanidine groups is 1. The predicted octanol–water partition coefficient (Wildman–Crippen LogP) is 3.64. The number of rotatable bonds is 8. The molecule has 2 heterocycles. The summed E-state index contributed by atoms with van der Waals surface area (Å²) in [5.74, 6) is 0.926. The van der Waals surface area contributed by atoms with Crippen LogP contribution in [0.4, 0.5) is 0 Å². The van der Waals surface area contributed by atoms with Crippen LogP contribution in [-0.4, -0.2) is 48.1 Å². The molecule has 25 heavy (non-hydrogen) atoms. The smallest absolute Gasteiger partial charge is 0.191 e. The van der Waals surface area contributed by atoms with Gasteiger partial charge in [0.2, 0.25) is 0 Å². The zero-order valence-electron chi connectivity index (χ0n) is 15.9. The third-order valence-corrected chi connectivity index (χ3v) is 5.44. The van der Waals surface area contributed by atoms with Gasteiger partial charge in [0.05, 0.1) is 17.2 Å². The minimum Gasteiger partial charge on any atom is -0.357 e. The molecule has 0 atom stereocenters. The van der Waals surface area contributed by atoms with Gasteiger partial charge >= 0.3 is 0 Å². The lowest BCUT2D eigenvalue weighted by Crippen LogP contribution is -2.48. The van der Waals surface area contributed by atoms with Crippen molar-refractivity contribution in [3.8, 4) is 0 Å². The number of halogens is 1. The van der Waals surface area contributed by atoms with Gasteiger partial charge in [-0.15, -0.1) is 35.3 Å². The molecule has 1 aromatic heterocycles. The van der Waals surface area contributed by atoms with Crippen molar-refractivity contribution < 1.29 is 0 Å². The first-order valence-corrected chi connectivity index (χ1v) is 10.3. The number of hydrogen-bond acceptors (Lipinski definition) is 4. The molecule has 1 aliphatic heterocycles.